The molecule has 1 unspecified atom stereocenters. The number of hydrogen-bond donors (Lipinski definition) is 0. The van der Waals surface area contributed by atoms with E-state index in [1.807, 2.05) is 0 Å². The van der Waals surface area contributed by atoms with Crippen LogP contribution in [0.5, 0.6) is 0 Å². The molecular weight excluding hydrogens is 440 g/mol. The number of aryl methyl sites for hydroxylation is 1. The quantitative estimate of drug-likeness (QED) is 0.218. The number of unbranched alkanes of at least 4 members (excludes halogenated alkanes) is 2. The van der Waals surface area contributed by atoms with Gasteiger partial charge in [-0.15, -0.1) is 0 Å². The first-order valence-electron chi connectivity index (χ1n) is 12.9. The first-order chi connectivity index (χ1) is 16.3. The zero-order valence-electron chi connectivity index (χ0n) is 20.5. The van der Waals surface area contributed by atoms with Crippen LogP contribution in [0.3, 0.4) is 0 Å². The SMILES string of the molecule is CCCCCc1ccc(C(F)C(F)(F)OCc2ccc(C3CCC(CCC)CC3)c(F)c2)cc1. The van der Waals surface area contributed by atoms with Crippen molar-refractivity contribution in [1.29, 1.82) is 0 Å². The number of ether oxygens (including phenoxy) is 1. The topological polar surface area (TPSA) is 9.23 Å². The Kier molecular flexibility index (Phi) is 9.99. The molecule has 1 fully saturated rings. The van der Waals surface area contributed by atoms with Gasteiger partial charge < -0.3 is 4.74 Å². The summed E-state index contributed by atoms with van der Waals surface area (Å²) in [5, 5.41) is 0. The Morgan fingerprint density at radius 3 is 2.21 bits per heavy atom. The molecule has 5 heteroatoms. The van der Waals surface area contributed by atoms with Gasteiger partial charge in [0.15, 0.2) is 0 Å². The van der Waals surface area contributed by atoms with Crippen molar-refractivity contribution < 1.29 is 22.3 Å². The molecule has 1 nitrogen and oxygen atoms in total. The van der Waals surface area contributed by atoms with E-state index in [1.165, 1.54) is 31.0 Å². The van der Waals surface area contributed by atoms with Gasteiger partial charge in [-0.3, -0.25) is 0 Å². The van der Waals surface area contributed by atoms with E-state index in [0.717, 1.165) is 62.8 Å². The first-order valence-corrected chi connectivity index (χ1v) is 12.9. The fourth-order valence-electron chi connectivity index (χ4n) is 5.04. The predicted octanol–water partition coefficient (Wildman–Crippen LogP) is 9.45. The van der Waals surface area contributed by atoms with Gasteiger partial charge in [0, 0.05) is 0 Å². The molecule has 0 amide bonds. The lowest BCUT2D eigenvalue weighted by molar-refractivity contribution is -0.282. The van der Waals surface area contributed by atoms with Gasteiger partial charge in [0.25, 0.3) is 0 Å². The highest BCUT2D eigenvalue weighted by Gasteiger charge is 2.42. The van der Waals surface area contributed by atoms with Crippen LogP contribution in [0.2, 0.25) is 0 Å². The molecule has 0 aliphatic heterocycles. The summed E-state index contributed by atoms with van der Waals surface area (Å²) in [6, 6.07) is 10.7. The molecular formula is C29H38F4O. The van der Waals surface area contributed by atoms with Gasteiger partial charge in [0.05, 0.1) is 6.61 Å². The lowest BCUT2D eigenvalue weighted by Gasteiger charge is -2.29. The molecule has 0 radical (unpaired) electrons. The molecule has 34 heavy (non-hydrogen) atoms. The number of rotatable bonds is 12. The summed E-state index contributed by atoms with van der Waals surface area (Å²) in [7, 11) is 0. The Balaban J connectivity index is 1.55. The average molecular weight is 479 g/mol. The Morgan fingerprint density at radius 1 is 0.912 bits per heavy atom. The van der Waals surface area contributed by atoms with Crippen LogP contribution < -0.4 is 0 Å². The van der Waals surface area contributed by atoms with Crippen molar-refractivity contribution in [3.8, 4) is 0 Å². The number of hydrogen-bond acceptors (Lipinski definition) is 1. The maximum absolute atomic E-state index is 14.8. The van der Waals surface area contributed by atoms with Crippen LogP contribution in [0.1, 0.15) is 106 Å². The molecule has 1 aliphatic rings. The van der Waals surface area contributed by atoms with Crippen LogP contribution in [0.4, 0.5) is 17.6 Å². The van der Waals surface area contributed by atoms with Crippen molar-refractivity contribution in [3.63, 3.8) is 0 Å². The van der Waals surface area contributed by atoms with E-state index < -0.39 is 18.9 Å². The lowest BCUT2D eigenvalue weighted by Crippen LogP contribution is -2.27. The summed E-state index contributed by atoms with van der Waals surface area (Å²) in [4.78, 5) is 0. The molecule has 0 bridgehead atoms. The number of alkyl halides is 3. The first kappa shape index (κ1) is 26.7. The van der Waals surface area contributed by atoms with Crippen molar-refractivity contribution in [2.75, 3.05) is 0 Å². The van der Waals surface area contributed by atoms with Crippen LogP contribution in [-0.4, -0.2) is 6.11 Å². The highest BCUT2D eigenvalue weighted by atomic mass is 19.3. The Hall–Kier alpha value is -1.88. The van der Waals surface area contributed by atoms with Crippen LogP contribution in [0.25, 0.3) is 0 Å². The Bertz CT molecular complexity index is 872. The molecule has 1 saturated carbocycles. The predicted molar refractivity (Wildman–Crippen MR) is 129 cm³/mol. The van der Waals surface area contributed by atoms with Crippen LogP contribution in [-0.2, 0) is 17.8 Å². The van der Waals surface area contributed by atoms with Crippen molar-refractivity contribution in [2.24, 2.45) is 5.92 Å². The molecule has 2 aromatic carbocycles. The number of halogens is 4. The molecule has 0 spiro atoms. The third-order valence-corrected chi connectivity index (χ3v) is 7.12. The summed E-state index contributed by atoms with van der Waals surface area (Å²) >= 11 is 0. The molecule has 0 saturated heterocycles. The van der Waals surface area contributed by atoms with Crippen molar-refractivity contribution >= 4 is 0 Å². The normalized spacial score (nSPS) is 19.8. The summed E-state index contributed by atoms with van der Waals surface area (Å²) < 4.78 is 62.8. The second-order valence-corrected chi connectivity index (χ2v) is 9.77. The zero-order chi connectivity index (χ0) is 24.6. The van der Waals surface area contributed by atoms with E-state index in [-0.39, 0.29) is 22.9 Å². The molecule has 0 aromatic heterocycles. The second kappa shape index (κ2) is 12.7. The summed E-state index contributed by atoms with van der Waals surface area (Å²) in [6.45, 7) is 3.75. The van der Waals surface area contributed by atoms with E-state index in [4.69, 9.17) is 0 Å². The van der Waals surface area contributed by atoms with Gasteiger partial charge in [-0.1, -0.05) is 75.9 Å². The fraction of sp³-hybridized carbons (Fsp3) is 0.586. The molecule has 188 valence electrons. The van der Waals surface area contributed by atoms with E-state index >= 15 is 0 Å². The van der Waals surface area contributed by atoms with E-state index in [0.29, 0.717) is 5.56 Å². The lowest BCUT2D eigenvalue weighted by atomic mass is 9.77. The monoisotopic (exact) mass is 478 g/mol. The van der Waals surface area contributed by atoms with Crippen molar-refractivity contribution in [2.45, 2.75) is 103 Å². The van der Waals surface area contributed by atoms with Gasteiger partial charge in [-0.05, 0) is 78.7 Å². The Morgan fingerprint density at radius 2 is 1.59 bits per heavy atom. The molecule has 1 aliphatic carbocycles. The van der Waals surface area contributed by atoms with E-state index in [9.17, 15) is 17.6 Å². The molecule has 2 aromatic rings. The largest absolute Gasteiger partial charge is 0.391 e. The van der Waals surface area contributed by atoms with Gasteiger partial charge in [0.1, 0.15) is 5.82 Å². The van der Waals surface area contributed by atoms with Gasteiger partial charge in [0.2, 0.25) is 6.17 Å². The van der Waals surface area contributed by atoms with Gasteiger partial charge in [-0.2, -0.15) is 8.78 Å². The van der Waals surface area contributed by atoms with Crippen LogP contribution in [0, 0.1) is 11.7 Å². The third-order valence-electron chi connectivity index (χ3n) is 7.12. The molecule has 3 rings (SSSR count). The Labute approximate surface area is 201 Å². The van der Waals surface area contributed by atoms with Crippen LogP contribution in [0.15, 0.2) is 42.5 Å². The molecule has 1 atom stereocenters. The molecule has 0 N–H and O–H groups in total. The summed E-state index contributed by atoms with van der Waals surface area (Å²) in [5.41, 5.74) is 1.81. The smallest absolute Gasteiger partial charge is 0.313 e. The highest BCUT2D eigenvalue weighted by Crippen LogP contribution is 2.39. The minimum absolute atomic E-state index is 0.121. The second-order valence-electron chi connectivity index (χ2n) is 9.77. The van der Waals surface area contributed by atoms with Crippen molar-refractivity contribution in [3.05, 3.63) is 70.5 Å². The van der Waals surface area contributed by atoms with Gasteiger partial charge in [-0.25, -0.2) is 8.78 Å². The highest BCUT2D eigenvalue weighted by molar-refractivity contribution is 5.28. The summed E-state index contributed by atoms with van der Waals surface area (Å²) in [6.07, 6.45) is 3.99. The van der Waals surface area contributed by atoms with E-state index in [2.05, 4.69) is 18.6 Å². The van der Waals surface area contributed by atoms with E-state index in [1.54, 1.807) is 24.3 Å². The maximum Gasteiger partial charge on any atom is 0.391 e. The minimum atomic E-state index is -4.00. The summed E-state index contributed by atoms with van der Waals surface area (Å²) in [5.74, 6) is 0.508. The molecule has 0 heterocycles. The van der Waals surface area contributed by atoms with Crippen molar-refractivity contribution in [1.82, 2.24) is 0 Å². The maximum atomic E-state index is 14.8. The van der Waals surface area contributed by atoms with Gasteiger partial charge >= 0.3 is 6.11 Å². The number of benzene rings is 2. The third kappa shape index (κ3) is 7.31. The average Bonchev–Trinajstić information content (AvgIpc) is 2.84. The fourth-order valence-corrected chi connectivity index (χ4v) is 5.04. The standard InChI is InChI=1S/C29H38F4O/c1-3-5-6-8-22-11-16-25(17-12-22)28(31)29(32,33)34-20-23-13-18-26(27(30)19-23)24-14-9-21(7-4-2)10-15-24/h11-13,16-19,21,24,28H,3-10,14-15,20H2,1-2H3. The van der Waals surface area contributed by atoms with Crippen LogP contribution >= 0.6 is 0 Å². The zero-order valence-corrected chi connectivity index (χ0v) is 20.5. The minimum Gasteiger partial charge on any atom is -0.313 e.